The molecular formula is C20H29Cl2N3O. The second-order valence-electron chi connectivity index (χ2n) is 6.21. The van der Waals surface area contributed by atoms with Crippen molar-refractivity contribution < 1.29 is 4.79 Å². The summed E-state index contributed by atoms with van der Waals surface area (Å²) in [5.41, 5.74) is 9.27. The summed E-state index contributed by atoms with van der Waals surface area (Å²) in [5.74, 6) is -0.105. The molecule has 0 fully saturated rings. The Morgan fingerprint density at radius 3 is 2.27 bits per heavy atom. The summed E-state index contributed by atoms with van der Waals surface area (Å²) in [4.78, 5) is 14.7. The molecular weight excluding hydrogens is 369 g/mol. The third-order valence-corrected chi connectivity index (χ3v) is 4.16. The van der Waals surface area contributed by atoms with Gasteiger partial charge in [-0.05, 0) is 55.8 Å². The van der Waals surface area contributed by atoms with E-state index >= 15 is 0 Å². The summed E-state index contributed by atoms with van der Waals surface area (Å²) in [5, 5.41) is 2.92. The van der Waals surface area contributed by atoms with Crippen LogP contribution in [-0.4, -0.2) is 23.4 Å². The molecule has 144 valence electrons. The predicted octanol–water partition coefficient (Wildman–Crippen LogP) is 4.47. The maximum absolute atomic E-state index is 12.4. The highest BCUT2D eigenvalue weighted by molar-refractivity contribution is 6.04. The van der Waals surface area contributed by atoms with Crippen LogP contribution in [0.1, 0.15) is 42.3 Å². The molecule has 0 heterocycles. The summed E-state index contributed by atoms with van der Waals surface area (Å²) >= 11 is 0. The first-order valence-corrected chi connectivity index (χ1v) is 8.46. The number of carbonyl (C=O) groups is 1. The average molecular weight is 398 g/mol. The minimum atomic E-state index is -0.105. The second-order valence-corrected chi connectivity index (χ2v) is 6.21. The molecule has 0 aliphatic carbocycles. The van der Waals surface area contributed by atoms with Gasteiger partial charge in [-0.1, -0.05) is 31.2 Å². The normalized spacial score (nSPS) is 10.2. The first-order valence-electron chi connectivity index (χ1n) is 8.46. The van der Waals surface area contributed by atoms with Crippen LogP contribution in [0.25, 0.3) is 0 Å². The summed E-state index contributed by atoms with van der Waals surface area (Å²) in [7, 11) is 0. The number of hydrogen-bond acceptors (Lipinski definition) is 3. The molecule has 1 amide bonds. The first kappa shape index (κ1) is 24.4. The summed E-state index contributed by atoms with van der Waals surface area (Å²) in [6, 6.07) is 15.9. The number of nitrogens with zero attached hydrogens (tertiary/aromatic N) is 1. The smallest absolute Gasteiger partial charge is 0.255 e. The Labute approximate surface area is 169 Å². The lowest BCUT2D eigenvalue weighted by molar-refractivity contribution is 0.102. The number of nitrogens with one attached hydrogen (secondary N) is 1. The molecule has 0 unspecified atom stereocenters. The fourth-order valence-electron chi connectivity index (χ4n) is 2.63. The number of nitrogens with two attached hydrogens (primary N) is 1. The molecule has 26 heavy (non-hydrogen) atoms. The van der Waals surface area contributed by atoms with Crippen LogP contribution in [0.2, 0.25) is 0 Å². The van der Waals surface area contributed by atoms with Crippen molar-refractivity contribution in [3.63, 3.8) is 0 Å². The minimum Gasteiger partial charge on any atom is -0.326 e. The van der Waals surface area contributed by atoms with Crippen molar-refractivity contribution in [1.29, 1.82) is 0 Å². The predicted molar refractivity (Wildman–Crippen MR) is 114 cm³/mol. The van der Waals surface area contributed by atoms with E-state index in [0.717, 1.165) is 24.3 Å². The van der Waals surface area contributed by atoms with Crippen molar-refractivity contribution >= 4 is 36.4 Å². The second kappa shape index (κ2) is 11.9. The van der Waals surface area contributed by atoms with E-state index in [1.165, 1.54) is 5.56 Å². The number of carbonyl (C=O) groups excluding carboxylic acids is 1. The summed E-state index contributed by atoms with van der Waals surface area (Å²) < 4.78 is 0. The first-order chi connectivity index (χ1) is 11.5. The summed E-state index contributed by atoms with van der Waals surface area (Å²) in [6.07, 6.45) is 0. The van der Waals surface area contributed by atoms with E-state index in [1.54, 1.807) is 0 Å². The van der Waals surface area contributed by atoms with Gasteiger partial charge in [0, 0.05) is 30.4 Å². The van der Waals surface area contributed by atoms with E-state index in [4.69, 9.17) is 5.73 Å². The number of halogens is 2. The molecule has 0 aliphatic heterocycles. The van der Waals surface area contributed by atoms with Crippen LogP contribution in [0.3, 0.4) is 0 Å². The van der Waals surface area contributed by atoms with Crippen molar-refractivity contribution in [3.05, 3.63) is 65.2 Å². The minimum absolute atomic E-state index is 0. The van der Waals surface area contributed by atoms with Crippen molar-refractivity contribution in [3.8, 4) is 0 Å². The Morgan fingerprint density at radius 2 is 1.73 bits per heavy atom. The van der Waals surface area contributed by atoms with Gasteiger partial charge in [-0.3, -0.25) is 9.69 Å². The average Bonchev–Trinajstić information content (AvgIpc) is 2.60. The number of anilines is 1. The molecule has 2 aromatic carbocycles. The van der Waals surface area contributed by atoms with Crippen LogP contribution in [0.15, 0.2) is 48.5 Å². The molecule has 0 spiro atoms. The van der Waals surface area contributed by atoms with Gasteiger partial charge in [0.25, 0.3) is 5.91 Å². The zero-order valence-electron chi connectivity index (χ0n) is 15.6. The Kier molecular flexibility index (Phi) is 11.2. The van der Waals surface area contributed by atoms with Crippen molar-refractivity contribution in [2.45, 2.75) is 39.9 Å². The molecule has 0 saturated heterocycles. The van der Waals surface area contributed by atoms with Gasteiger partial charge in [-0.15, -0.1) is 24.8 Å². The fraction of sp³-hybridized carbons (Fsp3) is 0.350. The Bertz CT molecular complexity index is 675. The van der Waals surface area contributed by atoms with Crippen molar-refractivity contribution in [1.82, 2.24) is 4.90 Å². The van der Waals surface area contributed by atoms with E-state index in [2.05, 4.69) is 31.0 Å². The van der Waals surface area contributed by atoms with Crippen LogP contribution < -0.4 is 11.1 Å². The van der Waals surface area contributed by atoms with Crippen LogP contribution in [0, 0.1) is 0 Å². The quantitative estimate of drug-likeness (QED) is 0.724. The van der Waals surface area contributed by atoms with E-state index in [1.807, 2.05) is 48.5 Å². The Hall–Kier alpha value is -1.59. The van der Waals surface area contributed by atoms with Crippen molar-refractivity contribution in [2.24, 2.45) is 5.73 Å². The lowest BCUT2D eigenvalue weighted by Gasteiger charge is -2.24. The van der Waals surface area contributed by atoms with Gasteiger partial charge >= 0.3 is 0 Å². The van der Waals surface area contributed by atoms with Gasteiger partial charge in [-0.2, -0.15) is 0 Å². The monoisotopic (exact) mass is 397 g/mol. The zero-order chi connectivity index (χ0) is 17.5. The van der Waals surface area contributed by atoms with Crippen LogP contribution >= 0.6 is 24.8 Å². The van der Waals surface area contributed by atoms with Crippen molar-refractivity contribution in [2.75, 3.05) is 11.9 Å². The molecule has 0 saturated carbocycles. The Morgan fingerprint density at radius 1 is 1.08 bits per heavy atom. The van der Waals surface area contributed by atoms with Gasteiger partial charge in [0.15, 0.2) is 0 Å². The molecule has 0 radical (unpaired) electrons. The van der Waals surface area contributed by atoms with Gasteiger partial charge in [0.05, 0.1) is 0 Å². The van der Waals surface area contributed by atoms with E-state index in [9.17, 15) is 4.79 Å². The van der Waals surface area contributed by atoms with E-state index in [0.29, 0.717) is 18.2 Å². The lowest BCUT2D eigenvalue weighted by Crippen LogP contribution is -2.29. The molecule has 4 nitrogen and oxygen atoms in total. The highest BCUT2D eigenvalue weighted by Gasteiger charge is 2.10. The van der Waals surface area contributed by atoms with Gasteiger partial charge < -0.3 is 11.1 Å². The molecule has 2 rings (SSSR count). The van der Waals surface area contributed by atoms with E-state index in [-0.39, 0.29) is 30.7 Å². The zero-order valence-corrected chi connectivity index (χ0v) is 17.2. The summed E-state index contributed by atoms with van der Waals surface area (Å²) in [6.45, 7) is 8.92. The van der Waals surface area contributed by atoms with Gasteiger partial charge in [-0.25, -0.2) is 0 Å². The topological polar surface area (TPSA) is 58.4 Å². The number of hydrogen-bond donors (Lipinski definition) is 2. The molecule has 3 N–H and O–H groups in total. The third-order valence-electron chi connectivity index (χ3n) is 4.16. The molecule has 2 aromatic rings. The molecule has 6 heteroatoms. The van der Waals surface area contributed by atoms with Gasteiger partial charge in [0.1, 0.15) is 0 Å². The SMILES string of the molecule is CCN(Cc1ccc(C(=O)Nc2cccc(CN)c2)cc1)C(C)C.Cl.Cl. The molecule has 0 aromatic heterocycles. The standard InChI is InChI=1S/C20H27N3O.2ClH/c1-4-23(15(2)3)14-16-8-10-18(11-9-16)20(24)22-19-7-5-6-17(12-19)13-21;;/h5-12,15H,4,13-14,21H2,1-3H3,(H,22,24);2*1H. The maximum atomic E-state index is 12.4. The fourth-order valence-corrected chi connectivity index (χ4v) is 2.63. The van der Waals surface area contributed by atoms with Crippen LogP contribution in [-0.2, 0) is 13.1 Å². The largest absolute Gasteiger partial charge is 0.326 e. The van der Waals surface area contributed by atoms with Crippen LogP contribution in [0.4, 0.5) is 5.69 Å². The molecule has 0 bridgehead atoms. The van der Waals surface area contributed by atoms with Crippen LogP contribution in [0.5, 0.6) is 0 Å². The molecule has 0 atom stereocenters. The maximum Gasteiger partial charge on any atom is 0.255 e. The lowest BCUT2D eigenvalue weighted by atomic mass is 10.1. The number of benzene rings is 2. The number of rotatable bonds is 7. The molecule has 0 aliphatic rings. The third kappa shape index (κ3) is 6.96. The Balaban J connectivity index is 0.00000312. The van der Waals surface area contributed by atoms with E-state index < -0.39 is 0 Å². The highest BCUT2D eigenvalue weighted by Crippen LogP contribution is 2.14. The number of amides is 1. The van der Waals surface area contributed by atoms with Gasteiger partial charge in [0.2, 0.25) is 0 Å². The highest BCUT2D eigenvalue weighted by atomic mass is 35.5.